The molecule has 0 saturated heterocycles. The molecule has 2 aromatic heterocycles. The molecule has 0 spiro atoms. The van der Waals surface area contributed by atoms with Gasteiger partial charge in [0.15, 0.2) is 16.0 Å². The number of aromatic nitrogens is 1. The molecule has 3 aromatic rings. The van der Waals surface area contributed by atoms with Crippen LogP contribution in [0.4, 0.5) is 10.8 Å². The summed E-state index contributed by atoms with van der Waals surface area (Å²) in [6, 6.07) is 8.62. The van der Waals surface area contributed by atoms with Crippen LogP contribution in [-0.2, 0) is 4.79 Å². The van der Waals surface area contributed by atoms with E-state index < -0.39 is 5.91 Å². The molecule has 3 N–H and O–H groups in total. The van der Waals surface area contributed by atoms with Crippen molar-refractivity contribution in [2.24, 2.45) is 0 Å². The largest absolute Gasteiger partial charge is 0.459 e. The van der Waals surface area contributed by atoms with Crippen molar-refractivity contribution in [3.63, 3.8) is 0 Å². The van der Waals surface area contributed by atoms with Crippen LogP contribution >= 0.6 is 23.6 Å². The van der Waals surface area contributed by atoms with Gasteiger partial charge in [-0.1, -0.05) is 18.3 Å². The first-order chi connectivity index (χ1) is 12.0. The lowest BCUT2D eigenvalue weighted by molar-refractivity contribution is -0.115. The maximum Gasteiger partial charge on any atom is 0.293 e. The molecule has 0 radical (unpaired) electrons. The second kappa shape index (κ2) is 7.41. The number of nitrogens with one attached hydrogen (secondary N) is 3. The van der Waals surface area contributed by atoms with E-state index in [0.717, 1.165) is 10.2 Å². The number of benzene rings is 1. The summed E-state index contributed by atoms with van der Waals surface area (Å²) in [5.41, 5.74) is 1.47. The van der Waals surface area contributed by atoms with E-state index in [1.165, 1.54) is 17.6 Å². The van der Waals surface area contributed by atoms with Crippen molar-refractivity contribution in [2.45, 2.75) is 13.3 Å². The molecule has 25 heavy (non-hydrogen) atoms. The average Bonchev–Trinajstić information content (AvgIpc) is 3.23. The zero-order valence-electron chi connectivity index (χ0n) is 13.2. The van der Waals surface area contributed by atoms with Crippen LogP contribution in [0.1, 0.15) is 23.9 Å². The molecule has 0 bridgehead atoms. The SMILES string of the molecule is CCC(=O)Nc1nc2ccc(NC(=S)NC(=O)c3ccco3)cc2s1. The van der Waals surface area contributed by atoms with E-state index in [-0.39, 0.29) is 16.8 Å². The first-order valence-corrected chi connectivity index (χ1v) is 8.64. The molecule has 0 aliphatic carbocycles. The zero-order chi connectivity index (χ0) is 17.8. The summed E-state index contributed by atoms with van der Waals surface area (Å²) < 4.78 is 5.89. The topological polar surface area (TPSA) is 96.3 Å². The van der Waals surface area contributed by atoms with Gasteiger partial charge < -0.3 is 15.1 Å². The quantitative estimate of drug-likeness (QED) is 0.606. The highest BCUT2D eigenvalue weighted by atomic mass is 32.1. The molecule has 3 rings (SSSR count). The zero-order valence-corrected chi connectivity index (χ0v) is 14.8. The van der Waals surface area contributed by atoms with Crippen molar-refractivity contribution in [3.8, 4) is 0 Å². The fourth-order valence-electron chi connectivity index (χ4n) is 2.00. The lowest BCUT2D eigenvalue weighted by atomic mass is 10.3. The number of furan rings is 1. The second-order valence-corrected chi connectivity index (χ2v) is 6.43. The van der Waals surface area contributed by atoms with Crippen LogP contribution in [0, 0.1) is 0 Å². The Labute approximate surface area is 152 Å². The van der Waals surface area contributed by atoms with E-state index in [0.29, 0.717) is 17.2 Å². The van der Waals surface area contributed by atoms with Crippen LogP contribution in [0.15, 0.2) is 41.0 Å². The van der Waals surface area contributed by atoms with Crippen molar-refractivity contribution in [2.75, 3.05) is 10.6 Å². The minimum atomic E-state index is -0.425. The summed E-state index contributed by atoms with van der Waals surface area (Å²) in [6.45, 7) is 1.78. The monoisotopic (exact) mass is 374 g/mol. The van der Waals surface area contributed by atoms with Crippen molar-refractivity contribution < 1.29 is 14.0 Å². The van der Waals surface area contributed by atoms with Gasteiger partial charge in [-0.2, -0.15) is 0 Å². The third-order valence-corrected chi connectivity index (χ3v) is 4.32. The van der Waals surface area contributed by atoms with E-state index in [9.17, 15) is 9.59 Å². The molecule has 0 saturated carbocycles. The smallest absolute Gasteiger partial charge is 0.293 e. The number of rotatable bonds is 4. The maximum absolute atomic E-state index is 11.9. The van der Waals surface area contributed by atoms with Gasteiger partial charge in [0.25, 0.3) is 5.91 Å². The Morgan fingerprint density at radius 2 is 2.12 bits per heavy atom. The summed E-state index contributed by atoms with van der Waals surface area (Å²) in [5, 5.41) is 8.92. The third kappa shape index (κ3) is 4.20. The summed E-state index contributed by atoms with van der Waals surface area (Å²) in [6.07, 6.45) is 1.81. The normalized spacial score (nSPS) is 10.4. The number of thiazole rings is 1. The van der Waals surface area contributed by atoms with E-state index in [1.807, 2.05) is 12.1 Å². The molecule has 1 aromatic carbocycles. The molecule has 0 atom stereocenters. The Bertz CT molecular complexity index is 934. The fourth-order valence-corrected chi connectivity index (χ4v) is 3.13. The van der Waals surface area contributed by atoms with Gasteiger partial charge in [-0.15, -0.1) is 0 Å². The Morgan fingerprint density at radius 1 is 1.28 bits per heavy atom. The number of amides is 2. The first-order valence-electron chi connectivity index (χ1n) is 7.41. The molecule has 7 nitrogen and oxygen atoms in total. The van der Waals surface area contributed by atoms with Crippen LogP contribution in [0.25, 0.3) is 10.2 Å². The highest BCUT2D eigenvalue weighted by Crippen LogP contribution is 2.28. The highest BCUT2D eigenvalue weighted by molar-refractivity contribution is 7.80. The highest BCUT2D eigenvalue weighted by Gasteiger charge is 2.11. The number of hydrogen-bond acceptors (Lipinski definition) is 6. The third-order valence-electron chi connectivity index (χ3n) is 3.19. The lowest BCUT2D eigenvalue weighted by Gasteiger charge is -2.08. The van der Waals surface area contributed by atoms with Crippen molar-refractivity contribution in [1.29, 1.82) is 0 Å². The van der Waals surface area contributed by atoms with Gasteiger partial charge in [0.05, 0.1) is 16.5 Å². The van der Waals surface area contributed by atoms with Gasteiger partial charge in [0, 0.05) is 12.1 Å². The van der Waals surface area contributed by atoms with Gasteiger partial charge in [-0.3, -0.25) is 14.9 Å². The average molecular weight is 374 g/mol. The molecule has 9 heteroatoms. The lowest BCUT2D eigenvalue weighted by Crippen LogP contribution is -2.33. The molecule has 0 aliphatic rings. The van der Waals surface area contributed by atoms with E-state index in [1.54, 1.807) is 25.1 Å². The number of fused-ring (bicyclic) bond motifs is 1. The number of carbonyl (C=O) groups is 2. The van der Waals surface area contributed by atoms with Gasteiger partial charge in [-0.05, 0) is 42.5 Å². The molecule has 2 amide bonds. The van der Waals surface area contributed by atoms with Crippen LogP contribution < -0.4 is 16.0 Å². The Balaban J connectivity index is 1.68. The van der Waals surface area contributed by atoms with Crippen LogP contribution in [0.3, 0.4) is 0 Å². The first kappa shape index (κ1) is 17.1. The molecule has 0 fully saturated rings. The van der Waals surface area contributed by atoms with Crippen LogP contribution in [0.2, 0.25) is 0 Å². The van der Waals surface area contributed by atoms with Crippen LogP contribution in [0.5, 0.6) is 0 Å². The number of anilines is 2. The van der Waals surface area contributed by atoms with Gasteiger partial charge in [0.2, 0.25) is 5.91 Å². The van der Waals surface area contributed by atoms with E-state index >= 15 is 0 Å². The van der Waals surface area contributed by atoms with Crippen molar-refractivity contribution in [3.05, 3.63) is 42.4 Å². The van der Waals surface area contributed by atoms with Crippen molar-refractivity contribution in [1.82, 2.24) is 10.3 Å². The Morgan fingerprint density at radius 3 is 2.84 bits per heavy atom. The van der Waals surface area contributed by atoms with Gasteiger partial charge in [-0.25, -0.2) is 4.98 Å². The minimum Gasteiger partial charge on any atom is -0.459 e. The number of thiocarbonyl (C=S) groups is 1. The summed E-state index contributed by atoms with van der Waals surface area (Å²) in [5.74, 6) is -0.330. The Hall–Kier alpha value is -2.78. The summed E-state index contributed by atoms with van der Waals surface area (Å²) >= 11 is 6.50. The van der Waals surface area contributed by atoms with Gasteiger partial charge in [0.1, 0.15) is 0 Å². The summed E-state index contributed by atoms with van der Waals surface area (Å²) in [4.78, 5) is 27.7. The number of carbonyl (C=O) groups excluding carboxylic acids is 2. The van der Waals surface area contributed by atoms with Gasteiger partial charge >= 0.3 is 0 Å². The number of nitrogens with zero attached hydrogens (tertiary/aromatic N) is 1. The van der Waals surface area contributed by atoms with Crippen LogP contribution in [-0.4, -0.2) is 21.9 Å². The molecule has 0 aliphatic heterocycles. The maximum atomic E-state index is 11.9. The predicted octanol–water partition coefficient (Wildman–Crippen LogP) is 3.36. The van der Waals surface area contributed by atoms with E-state index in [4.69, 9.17) is 16.6 Å². The minimum absolute atomic E-state index is 0.0841. The molecule has 2 heterocycles. The second-order valence-electron chi connectivity index (χ2n) is 4.99. The molecule has 128 valence electrons. The summed E-state index contributed by atoms with van der Waals surface area (Å²) in [7, 11) is 0. The molecular formula is C16H14N4O3S2. The Kier molecular flexibility index (Phi) is 5.05. The van der Waals surface area contributed by atoms with Crippen molar-refractivity contribution >= 4 is 61.5 Å². The predicted molar refractivity (Wildman–Crippen MR) is 101 cm³/mol. The van der Waals surface area contributed by atoms with E-state index in [2.05, 4.69) is 20.9 Å². The number of hydrogen-bond donors (Lipinski definition) is 3. The standard InChI is InChI=1S/C16H14N4O3S2/c1-2-13(21)19-16-18-10-6-5-9(8-12(10)25-16)17-15(24)20-14(22)11-4-3-7-23-11/h3-8H,2H2,1H3,(H,18,19,21)(H2,17,20,22,24). The fraction of sp³-hybridized carbons (Fsp3) is 0.125. The molecule has 0 unspecified atom stereocenters. The molecular weight excluding hydrogens is 360 g/mol.